The Morgan fingerprint density at radius 2 is 1.94 bits per heavy atom. The Bertz CT molecular complexity index is 400. The van der Waals surface area contributed by atoms with Crippen LogP contribution in [0.3, 0.4) is 0 Å². The van der Waals surface area contributed by atoms with Crippen molar-refractivity contribution in [3.8, 4) is 0 Å². The molecule has 18 heavy (non-hydrogen) atoms. The van der Waals surface area contributed by atoms with Crippen LogP contribution >= 0.6 is 34.8 Å². The molecule has 2 rings (SSSR count). The molecule has 1 aliphatic rings. The molecule has 2 nitrogen and oxygen atoms in total. The van der Waals surface area contributed by atoms with Gasteiger partial charge in [0.05, 0.1) is 15.7 Å². The maximum Gasteiger partial charge on any atom is 0.0746 e. The van der Waals surface area contributed by atoms with E-state index in [4.69, 9.17) is 34.8 Å². The maximum absolute atomic E-state index is 6.24. The first-order valence-corrected chi connectivity index (χ1v) is 7.35. The summed E-state index contributed by atoms with van der Waals surface area (Å²) >= 11 is 18.4. The van der Waals surface area contributed by atoms with Gasteiger partial charge in [-0.25, -0.2) is 0 Å². The summed E-state index contributed by atoms with van der Waals surface area (Å²) in [6.45, 7) is 6.18. The normalized spacial score (nSPS) is 19.6. The van der Waals surface area contributed by atoms with Crippen molar-refractivity contribution in [3.63, 3.8) is 0 Å². The Labute approximate surface area is 123 Å². The van der Waals surface area contributed by atoms with Crippen molar-refractivity contribution in [1.29, 1.82) is 0 Å². The molecule has 5 heteroatoms. The average molecular weight is 308 g/mol. The van der Waals surface area contributed by atoms with E-state index >= 15 is 0 Å². The molecule has 0 amide bonds. The third-order valence-corrected chi connectivity index (χ3v) is 4.06. The number of nitrogens with zero attached hydrogens (tertiary/aromatic N) is 1. The molecule has 1 atom stereocenters. The average Bonchev–Trinajstić information content (AvgIpc) is 2.73. The molecule has 1 aliphatic heterocycles. The maximum atomic E-state index is 6.24. The lowest BCUT2D eigenvalue weighted by Crippen LogP contribution is -2.26. The van der Waals surface area contributed by atoms with Gasteiger partial charge in [-0.3, -0.25) is 0 Å². The molecule has 100 valence electrons. The number of hydrogen-bond donors (Lipinski definition) is 1. The third-order valence-electron chi connectivity index (χ3n) is 3.27. The Morgan fingerprint density at radius 3 is 2.56 bits per heavy atom. The van der Waals surface area contributed by atoms with E-state index in [1.165, 1.54) is 6.42 Å². The van der Waals surface area contributed by atoms with Gasteiger partial charge < -0.3 is 10.2 Å². The lowest BCUT2D eigenvalue weighted by molar-refractivity contribution is 0.528. The first-order chi connectivity index (χ1) is 8.61. The van der Waals surface area contributed by atoms with Crippen LogP contribution in [-0.4, -0.2) is 26.2 Å². The number of benzene rings is 1. The summed E-state index contributed by atoms with van der Waals surface area (Å²) in [4.78, 5) is 2.25. The molecule has 0 spiro atoms. The molecule has 0 radical (unpaired) electrons. The summed E-state index contributed by atoms with van der Waals surface area (Å²) in [5.41, 5.74) is 0.918. The molecule has 1 saturated heterocycles. The summed E-state index contributed by atoms with van der Waals surface area (Å²) in [5, 5.41) is 5.24. The third kappa shape index (κ3) is 3.24. The lowest BCUT2D eigenvalue weighted by Gasteiger charge is -2.21. The second-order valence-electron chi connectivity index (χ2n) is 4.63. The zero-order valence-corrected chi connectivity index (χ0v) is 12.6. The fourth-order valence-corrected chi connectivity index (χ4v) is 3.44. The van der Waals surface area contributed by atoms with Gasteiger partial charge in [0.15, 0.2) is 0 Å². The standard InChI is InChI=1S/C13H17Cl3N2/c1-2-17-7-9-3-4-18(8-9)13-11(15)5-10(14)6-12(13)16/h5-6,9,17H,2-4,7-8H2,1H3. The van der Waals surface area contributed by atoms with E-state index in [0.717, 1.165) is 31.9 Å². The van der Waals surface area contributed by atoms with Gasteiger partial charge in [0.2, 0.25) is 0 Å². The highest BCUT2D eigenvalue weighted by Crippen LogP contribution is 2.38. The Morgan fingerprint density at radius 1 is 1.28 bits per heavy atom. The first-order valence-electron chi connectivity index (χ1n) is 6.22. The molecule has 1 N–H and O–H groups in total. The minimum Gasteiger partial charge on any atom is -0.369 e. The van der Waals surface area contributed by atoms with Crippen LogP contribution < -0.4 is 10.2 Å². The summed E-state index contributed by atoms with van der Waals surface area (Å²) in [6.07, 6.45) is 1.17. The zero-order chi connectivity index (χ0) is 13.1. The van der Waals surface area contributed by atoms with Crippen LogP contribution in [0.25, 0.3) is 0 Å². The van der Waals surface area contributed by atoms with Crippen LogP contribution in [0.5, 0.6) is 0 Å². The van der Waals surface area contributed by atoms with E-state index in [0.29, 0.717) is 21.0 Å². The molecule has 0 aromatic heterocycles. The number of rotatable bonds is 4. The summed E-state index contributed by atoms with van der Waals surface area (Å²) in [5.74, 6) is 0.660. The van der Waals surface area contributed by atoms with Crippen LogP contribution in [0.15, 0.2) is 12.1 Å². The first kappa shape index (κ1) is 14.3. The van der Waals surface area contributed by atoms with Crippen LogP contribution in [-0.2, 0) is 0 Å². The molecule has 1 aromatic rings. The van der Waals surface area contributed by atoms with Crippen LogP contribution in [0.4, 0.5) is 5.69 Å². The minimum atomic E-state index is 0.581. The van der Waals surface area contributed by atoms with Crippen LogP contribution in [0.2, 0.25) is 15.1 Å². The van der Waals surface area contributed by atoms with Gasteiger partial charge in [0, 0.05) is 18.1 Å². The molecule has 0 aliphatic carbocycles. The molecule has 0 saturated carbocycles. The Kier molecular flexibility index (Phi) is 5.02. The molecule has 1 unspecified atom stereocenters. The van der Waals surface area contributed by atoms with Gasteiger partial charge in [-0.05, 0) is 37.6 Å². The van der Waals surface area contributed by atoms with Crippen molar-refractivity contribution in [3.05, 3.63) is 27.2 Å². The second-order valence-corrected chi connectivity index (χ2v) is 5.88. The van der Waals surface area contributed by atoms with Crippen molar-refractivity contribution >= 4 is 40.5 Å². The highest BCUT2D eigenvalue weighted by Gasteiger charge is 2.25. The van der Waals surface area contributed by atoms with Crippen molar-refractivity contribution in [1.82, 2.24) is 5.32 Å². The van der Waals surface area contributed by atoms with Crippen molar-refractivity contribution < 1.29 is 0 Å². The van der Waals surface area contributed by atoms with E-state index < -0.39 is 0 Å². The van der Waals surface area contributed by atoms with E-state index in [1.54, 1.807) is 12.1 Å². The quantitative estimate of drug-likeness (QED) is 0.901. The summed E-state index contributed by atoms with van der Waals surface area (Å²) in [6, 6.07) is 3.50. The molecule has 1 aromatic carbocycles. The predicted molar refractivity (Wildman–Crippen MR) is 80.3 cm³/mol. The number of halogens is 3. The van der Waals surface area contributed by atoms with Gasteiger partial charge in [-0.1, -0.05) is 41.7 Å². The zero-order valence-electron chi connectivity index (χ0n) is 10.3. The van der Waals surface area contributed by atoms with Gasteiger partial charge in [0.25, 0.3) is 0 Å². The minimum absolute atomic E-state index is 0.581. The second kappa shape index (κ2) is 6.33. The molecule has 0 bridgehead atoms. The molecule has 1 fully saturated rings. The predicted octanol–water partition coefficient (Wildman–Crippen LogP) is 4.08. The summed E-state index contributed by atoms with van der Waals surface area (Å²) < 4.78 is 0. The molecular weight excluding hydrogens is 291 g/mol. The fraction of sp³-hybridized carbons (Fsp3) is 0.538. The van der Waals surface area contributed by atoms with Gasteiger partial charge in [-0.15, -0.1) is 0 Å². The monoisotopic (exact) mass is 306 g/mol. The number of nitrogens with one attached hydrogen (secondary N) is 1. The van der Waals surface area contributed by atoms with Gasteiger partial charge >= 0.3 is 0 Å². The summed E-state index contributed by atoms with van der Waals surface area (Å²) in [7, 11) is 0. The highest BCUT2D eigenvalue weighted by molar-refractivity contribution is 6.41. The van der Waals surface area contributed by atoms with E-state index in [1.807, 2.05) is 0 Å². The van der Waals surface area contributed by atoms with Gasteiger partial charge in [0.1, 0.15) is 0 Å². The van der Waals surface area contributed by atoms with Gasteiger partial charge in [-0.2, -0.15) is 0 Å². The Hall–Kier alpha value is -0.150. The Balaban J connectivity index is 2.09. The smallest absolute Gasteiger partial charge is 0.0746 e. The van der Waals surface area contributed by atoms with Crippen molar-refractivity contribution in [2.45, 2.75) is 13.3 Å². The fourth-order valence-electron chi connectivity index (χ4n) is 2.39. The lowest BCUT2D eigenvalue weighted by atomic mass is 10.1. The SMILES string of the molecule is CCNCC1CCN(c2c(Cl)cc(Cl)cc2Cl)C1. The molecule has 1 heterocycles. The van der Waals surface area contributed by atoms with Crippen LogP contribution in [0, 0.1) is 5.92 Å². The van der Waals surface area contributed by atoms with E-state index in [2.05, 4.69) is 17.1 Å². The van der Waals surface area contributed by atoms with Crippen molar-refractivity contribution in [2.75, 3.05) is 31.1 Å². The van der Waals surface area contributed by atoms with E-state index in [-0.39, 0.29) is 0 Å². The molecular formula is C13H17Cl3N2. The topological polar surface area (TPSA) is 15.3 Å². The highest BCUT2D eigenvalue weighted by atomic mass is 35.5. The largest absolute Gasteiger partial charge is 0.369 e. The van der Waals surface area contributed by atoms with Crippen molar-refractivity contribution in [2.24, 2.45) is 5.92 Å². The van der Waals surface area contributed by atoms with Crippen LogP contribution in [0.1, 0.15) is 13.3 Å². The number of hydrogen-bond acceptors (Lipinski definition) is 2. The van der Waals surface area contributed by atoms with E-state index in [9.17, 15) is 0 Å². The number of anilines is 1.